The van der Waals surface area contributed by atoms with Crippen LogP contribution in [0.4, 0.5) is 19.0 Å². The van der Waals surface area contributed by atoms with Gasteiger partial charge in [-0.1, -0.05) is 13.8 Å². The molecule has 1 heterocycles. The summed E-state index contributed by atoms with van der Waals surface area (Å²) >= 11 is 0. The van der Waals surface area contributed by atoms with Gasteiger partial charge in [-0.2, -0.15) is 13.2 Å². The van der Waals surface area contributed by atoms with E-state index in [0.717, 1.165) is 18.3 Å². The Bertz CT molecular complexity index is 476. The van der Waals surface area contributed by atoms with Crippen molar-refractivity contribution in [1.29, 1.82) is 0 Å². The van der Waals surface area contributed by atoms with Crippen LogP contribution in [0.5, 0.6) is 0 Å². The zero-order valence-electron chi connectivity index (χ0n) is 11.9. The SMILES string of the molecule is CC(C)CC(CNc1cc(C(F)(F)F)ccn1)CC(=O)O. The molecule has 1 aromatic rings. The van der Waals surface area contributed by atoms with Crippen molar-refractivity contribution in [2.24, 2.45) is 11.8 Å². The molecule has 1 atom stereocenters. The van der Waals surface area contributed by atoms with Crippen LogP contribution in [0, 0.1) is 11.8 Å². The molecule has 0 bridgehead atoms. The number of rotatable bonds is 7. The highest BCUT2D eigenvalue weighted by Crippen LogP contribution is 2.30. The number of carbonyl (C=O) groups is 1. The van der Waals surface area contributed by atoms with Crippen LogP contribution in [-0.2, 0) is 11.0 Å². The number of aliphatic carboxylic acids is 1. The van der Waals surface area contributed by atoms with E-state index in [1.807, 2.05) is 13.8 Å². The molecule has 0 saturated carbocycles. The Kier molecular flexibility index (Phi) is 5.99. The average Bonchev–Trinajstić information content (AvgIpc) is 2.34. The first kappa shape index (κ1) is 17.3. The molecule has 0 aromatic carbocycles. The van der Waals surface area contributed by atoms with Crippen LogP contribution < -0.4 is 5.32 Å². The fourth-order valence-electron chi connectivity index (χ4n) is 2.10. The molecule has 1 rings (SSSR count). The first-order valence-electron chi connectivity index (χ1n) is 6.67. The van der Waals surface area contributed by atoms with Crippen molar-refractivity contribution < 1.29 is 23.1 Å². The van der Waals surface area contributed by atoms with Crippen molar-refractivity contribution in [3.8, 4) is 0 Å². The molecule has 0 spiro atoms. The second-order valence-corrected chi connectivity index (χ2v) is 5.40. The molecule has 0 radical (unpaired) electrons. The number of nitrogens with zero attached hydrogens (tertiary/aromatic N) is 1. The Hall–Kier alpha value is -1.79. The van der Waals surface area contributed by atoms with E-state index in [1.165, 1.54) is 0 Å². The van der Waals surface area contributed by atoms with Gasteiger partial charge in [-0.3, -0.25) is 4.79 Å². The number of pyridine rings is 1. The van der Waals surface area contributed by atoms with Gasteiger partial charge in [-0.25, -0.2) is 4.98 Å². The lowest BCUT2D eigenvalue weighted by atomic mass is 9.94. The second kappa shape index (κ2) is 7.28. The van der Waals surface area contributed by atoms with Gasteiger partial charge in [0.15, 0.2) is 0 Å². The summed E-state index contributed by atoms with van der Waals surface area (Å²) in [5, 5.41) is 11.6. The molecule has 4 nitrogen and oxygen atoms in total. The van der Waals surface area contributed by atoms with Crippen molar-refractivity contribution in [1.82, 2.24) is 4.98 Å². The van der Waals surface area contributed by atoms with E-state index < -0.39 is 17.7 Å². The van der Waals surface area contributed by atoms with Crippen molar-refractivity contribution in [2.45, 2.75) is 32.9 Å². The molecular weight excluding hydrogens is 285 g/mol. The largest absolute Gasteiger partial charge is 0.481 e. The minimum Gasteiger partial charge on any atom is -0.481 e. The topological polar surface area (TPSA) is 62.2 Å². The van der Waals surface area contributed by atoms with Crippen LogP contribution in [0.15, 0.2) is 18.3 Å². The van der Waals surface area contributed by atoms with Crippen LogP contribution in [-0.4, -0.2) is 22.6 Å². The lowest BCUT2D eigenvalue weighted by molar-refractivity contribution is -0.138. The molecule has 7 heteroatoms. The van der Waals surface area contributed by atoms with Gasteiger partial charge in [0.2, 0.25) is 0 Å². The van der Waals surface area contributed by atoms with Gasteiger partial charge in [-0.05, 0) is 30.4 Å². The summed E-state index contributed by atoms with van der Waals surface area (Å²) in [6.45, 7) is 4.22. The number of aromatic nitrogens is 1. The molecule has 21 heavy (non-hydrogen) atoms. The normalized spacial score (nSPS) is 13.2. The lowest BCUT2D eigenvalue weighted by Crippen LogP contribution is -2.20. The molecule has 0 aliphatic carbocycles. The first-order chi connectivity index (χ1) is 9.68. The van der Waals surface area contributed by atoms with Crippen LogP contribution in [0.2, 0.25) is 0 Å². The number of alkyl halides is 3. The predicted octanol–water partition coefficient (Wildman–Crippen LogP) is 3.65. The average molecular weight is 304 g/mol. The van der Waals surface area contributed by atoms with Crippen molar-refractivity contribution in [2.75, 3.05) is 11.9 Å². The van der Waals surface area contributed by atoms with Gasteiger partial charge < -0.3 is 10.4 Å². The Morgan fingerprint density at radius 2 is 2.10 bits per heavy atom. The molecule has 0 aliphatic rings. The van der Waals surface area contributed by atoms with Crippen LogP contribution in [0.3, 0.4) is 0 Å². The molecular formula is C14H19F3N2O2. The number of hydrogen-bond donors (Lipinski definition) is 2. The van der Waals surface area contributed by atoms with E-state index in [-0.39, 0.29) is 24.7 Å². The van der Waals surface area contributed by atoms with Crippen LogP contribution in [0.25, 0.3) is 0 Å². The summed E-state index contributed by atoms with van der Waals surface area (Å²) in [5.41, 5.74) is -0.779. The van der Waals surface area contributed by atoms with Gasteiger partial charge >= 0.3 is 12.1 Å². The third-order valence-electron chi connectivity index (χ3n) is 2.93. The molecule has 118 valence electrons. The highest BCUT2D eigenvalue weighted by atomic mass is 19.4. The Morgan fingerprint density at radius 3 is 2.62 bits per heavy atom. The maximum Gasteiger partial charge on any atom is 0.416 e. The summed E-state index contributed by atoms with van der Waals surface area (Å²) in [4.78, 5) is 14.6. The third-order valence-corrected chi connectivity index (χ3v) is 2.93. The van der Waals surface area contributed by atoms with E-state index in [2.05, 4.69) is 10.3 Å². The standard InChI is InChI=1S/C14H19F3N2O2/c1-9(2)5-10(6-13(20)21)8-19-12-7-11(3-4-18-12)14(15,16)17/h3-4,7,9-10H,5-6,8H2,1-2H3,(H,18,19)(H,20,21). The summed E-state index contributed by atoms with van der Waals surface area (Å²) in [5.74, 6) is -0.659. The second-order valence-electron chi connectivity index (χ2n) is 5.40. The van der Waals surface area contributed by atoms with Gasteiger partial charge in [-0.15, -0.1) is 0 Å². The number of anilines is 1. The smallest absolute Gasteiger partial charge is 0.416 e. The molecule has 1 aromatic heterocycles. The minimum absolute atomic E-state index is 0.0237. The zero-order chi connectivity index (χ0) is 16.0. The molecule has 0 saturated heterocycles. The Balaban J connectivity index is 2.69. The minimum atomic E-state index is -4.42. The summed E-state index contributed by atoms with van der Waals surface area (Å²) < 4.78 is 37.7. The number of hydrogen-bond acceptors (Lipinski definition) is 3. The zero-order valence-corrected chi connectivity index (χ0v) is 11.9. The van der Waals surface area contributed by atoms with Gasteiger partial charge in [0, 0.05) is 19.2 Å². The molecule has 2 N–H and O–H groups in total. The Morgan fingerprint density at radius 1 is 1.43 bits per heavy atom. The van der Waals surface area contributed by atoms with Crippen molar-refractivity contribution in [3.63, 3.8) is 0 Å². The van der Waals surface area contributed by atoms with E-state index in [0.29, 0.717) is 12.3 Å². The Labute approximate surface area is 121 Å². The van der Waals surface area contributed by atoms with Gasteiger partial charge in [0.25, 0.3) is 0 Å². The molecule has 0 amide bonds. The van der Waals surface area contributed by atoms with Crippen molar-refractivity contribution in [3.05, 3.63) is 23.9 Å². The summed E-state index contributed by atoms with van der Waals surface area (Å²) in [6.07, 6.45) is -2.68. The molecule has 0 aliphatic heterocycles. The van der Waals surface area contributed by atoms with Crippen LogP contribution >= 0.6 is 0 Å². The number of carboxylic acids is 1. The first-order valence-corrected chi connectivity index (χ1v) is 6.67. The van der Waals surface area contributed by atoms with Gasteiger partial charge in [0.05, 0.1) is 5.56 Å². The summed E-state index contributed by atoms with van der Waals surface area (Å²) in [7, 11) is 0. The number of carboxylic acid groups (broad SMARTS) is 1. The number of nitrogens with one attached hydrogen (secondary N) is 1. The molecule has 1 unspecified atom stereocenters. The summed E-state index contributed by atoms with van der Waals surface area (Å²) in [6, 6.07) is 1.82. The fraction of sp³-hybridized carbons (Fsp3) is 0.571. The van der Waals surface area contributed by atoms with Crippen molar-refractivity contribution >= 4 is 11.8 Å². The quantitative estimate of drug-likeness (QED) is 0.807. The van der Waals surface area contributed by atoms with E-state index in [1.54, 1.807) is 0 Å². The highest BCUT2D eigenvalue weighted by molar-refractivity contribution is 5.67. The maximum atomic E-state index is 12.6. The van der Waals surface area contributed by atoms with Crippen LogP contribution in [0.1, 0.15) is 32.3 Å². The third kappa shape index (κ3) is 6.46. The lowest BCUT2D eigenvalue weighted by Gasteiger charge is -2.18. The maximum absolute atomic E-state index is 12.6. The van der Waals surface area contributed by atoms with E-state index >= 15 is 0 Å². The molecule has 0 fully saturated rings. The fourth-order valence-corrected chi connectivity index (χ4v) is 2.10. The van der Waals surface area contributed by atoms with E-state index in [4.69, 9.17) is 5.11 Å². The van der Waals surface area contributed by atoms with Gasteiger partial charge in [0.1, 0.15) is 5.82 Å². The number of halogens is 3. The highest BCUT2D eigenvalue weighted by Gasteiger charge is 2.30. The predicted molar refractivity (Wildman–Crippen MR) is 72.9 cm³/mol. The van der Waals surface area contributed by atoms with E-state index in [9.17, 15) is 18.0 Å². The monoisotopic (exact) mass is 304 g/mol.